The lowest BCUT2D eigenvalue weighted by Gasteiger charge is -2.02. The summed E-state index contributed by atoms with van der Waals surface area (Å²) in [5.74, 6) is 0. The Bertz CT molecular complexity index is 428. The highest BCUT2D eigenvalue weighted by atomic mass is 127. The topological polar surface area (TPSA) is 66.9 Å². The largest absolute Gasteiger partial charge is 0.276 e. The Labute approximate surface area is 98.8 Å². The molecular weight excluding hydrogens is 318 g/mol. The average molecular weight is 322 g/mol. The number of halogens is 2. The molecule has 14 heavy (non-hydrogen) atoms. The molecule has 1 aromatic carbocycles. The Hall–Kier alpha value is -0.870. The van der Waals surface area contributed by atoms with Crippen LogP contribution in [0.5, 0.6) is 0 Å². The van der Waals surface area contributed by atoms with Crippen LogP contribution in [0.4, 0.5) is 5.69 Å². The number of nitro groups is 1. The predicted octanol–water partition coefficient (Wildman–Crippen LogP) is 2.92. The molecule has 0 fully saturated rings. The van der Waals surface area contributed by atoms with E-state index >= 15 is 0 Å². The Morgan fingerprint density at radius 1 is 1.64 bits per heavy atom. The van der Waals surface area contributed by atoms with Crippen LogP contribution in [0.3, 0.4) is 0 Å². The normalized spacial score (nSPS) is 9.50. The van der Waals surface area contributed by atoms with E-state index in [1.165, 1.54) is 6.07 Å². The van der Waals surface area contributed by atoms with Crippen molar-refractivity contribution in [3.8, 4) is 6.07 Å². The van der Waals surface area contributed by atoms with Crippen LogP contribution in [0.25, 0.3) is 0 Å². The van der Waals surface area contributed by atoms with Crippen molar-refractivity contribution in [3.05, 3.63) is 36.4 Å². The third kappa shape index (κ3) is 2.33. The maximum atomic E-state index is 10.6. The third-order valence-electron chi connectivity index (χ3n) is 1.59. The van der Waals surface area contributed by atoms with Crippen LogP contribution < -0.4 is 0 Å². The van der Waals surface area contributed by atoms with Crippen LogP contribution >= 0.6 is 34.2 Å². The first kappa shape index (κ1) is 11.2. The summed E-state index contributed by atoms with van der Waals surface area (Å²) in [6.07, 6.45) is 0.0196. The van der Waals surface area contributed by atoms with E-state index in [9.17, 15) is 10.1 Å². The van der Waals surface area contributed by atoms with E-state index in [0.29, 0.717) is 14.2 Å². The van der Waals surface area contributed by atoms with Gasteiger partial charge in [-0.15, -0.1) is 0 Å². The zero-order valence-electron chi connectivity index (χ0n) is 6.83. The lowest BCUT2D eigenvalue weighted by atomic mass is 10.1. The summed E-state index contributed by atoms with van der Waals surface area (Å²) in [4.78, 5) is 10.1. The molecule has 0 N–H and O–H groups in total. The number of rotatable bonds is 2. The zero-order valence-corrected chi connectivity index (χ0v) is 9.74. The summed E-state index contributed by atoms with van der Waals surface area (Å²) in [7, 11) is 0. The molecule has 0 bridgehead atoms. The molecule has 0 radical (unpaired) electrons. The maximum Gasteiger partial charge on any atom is 0.276 e. The Balaban J connectivity index is 3.38. The highest BCUT2D eigenvalue weighted by Crippen LogP contribution is 2.28. The molecular formula is C8H4ClIN2O2. The van der Waals surface area contributed by atoms with Crippen LogP contribution in [0.1, 0.15) is 5.56 Å². The van der Waals surface area contributed by atoms with Gasteiger partial charge in [-0.2, -0.15) is 5.26 Å². The quantitative estimate of drug-likeness (QED) is 0.477. The van der Waals surface area contributed by atoms with Gasteiger partial charge in [-0.1, -0.05) is 11.6 Å². The summed E-state index contributed by atoms with van der Waals surface area (Å²) < 4.78 is 0.642. The van der Waals surface area contributed by atoms with Gasteiger partial charge in [0, 0.05) is 14.7 Å². The van der Waals surface area contributed by atoms with E-state index < -0.39 is 4.92 Å². The predicted molar refractivity (Wildman–Crippen MR) is 60.1 cm³/mol. The summed E-state index contributed by atoms with van der Waals surface area (Å²) in [6, 6.07) is 4.75. The van der Waals surface area contributed by atoms with Gasteiger partial charge < -0.3 is 0 Å². The Morgan fingerprint density at radius 3 is 2.79 bits per heavy atom. The molecule has 0 aliphatic carbocycles. The molecule has 0 atom stereocenters. The van der Waals surface area contributed by atoms with Gasteiger partial charge in [0.2, 0.25) is 0 Å². The summed E-state index contributed by atoms with van der Waals surface area (Å²) in [6.45, 7) is 0. The van der Waals surface area contributed by atoms with Crippen molar-refractivity contribution >= 4 is 39.9 Å². The van der Waals surface area contributed by atoms with Crippen LogP contribution in [-0.2, 0) is 6.42 Å². The van der Waals surface area contributed by atoms with Crippen molar-refractivity contribution in [2.45, 2.75) is 6.42 Å². The van der Waals surface area contributed by atoms with Gasteiger partial charge in [0.25, 0.3) is 5.69 Å². The van der Waals surface area contributed by atoms with Crippen LogP contribution in [0.2, 0.25) is 5.02 Å². The lowest BCUT2D eigenvalue weighted by molar-refractivity contribution is -0.385. The van der Waals surface area contributed by atoms with Gasteiger partial charge in [-0.3, -0.25) is 10.1 Å². The van der Waals surface area contributed by atoms with Gasteiger partial charge in [-0.05, 0) is 28.7 Å². The molecule has 0 saturated carbocycles. The Kier molecular flexibility index (Phi) is 3.66. The first-order valence-electron chi connectivity index (χ1n) is 3.55. The monoisotopic (exact) mass is 322 g/mol. The molecule has 6 heteroatoms. The fourth-order valence-electron chi connectivity index (χ4n) is 1.01. The minimum absolute atomic E-state index is 0.0196. The molecule has 1 aromatic rings. The molecule has 1 rings (SSSR count). The molecule has 0 saturated heterocycles. The van der Waals surface area contributed by atoms with Crippen molar-refractivity contribution in [1.29, 1.82) is 5.26 Å². The van der Waals surface area contributed by atoms with Crippen molar-refractivity contribution < 1.29 is 4.92 Å². The number of nitrogens with zero attached hydrogens (tertiary/aromatic N) is 2. The molecule has 0 aromatic heterocycles. The third-order valence-corrected chi connectivity index (χ3v) is 2.77. The zero-order chi connectivity index (χ0) is 10.7. The average Bonchev–Trinajstić information content (AvgIpc) is 2.09. The fraction of sp³-hybridized carbons (Fsp3) is 0.125. The highest BCUT2D eigenvalue weighted by molar-refractivity contribution is 14.1. The second kappa shape index (κ2) is 4.57. The van der Waals surface area contributed by atoms with Crippen LogP contribution in [0.15, 0.2) is 12.1 Å². The SMILES string of the molecule is N#CCc1c(I)cc(Cl)cc1[N+](=O)[O-]. The minimum Gasteiger partial charge on any atom is -0.258 e. The molecule has 0 aliphatic rings. The van der Waals surface area contributed by atoms with Gasteiger partial charge in [0.1, 0.15) is 0 Å². The van der Waals surface area contributed by atoms with Gasteiger partial charge in [0.05, 0.1) is 23.0 Å². The molecule has 0 amide bonds. The highest BCUT2D eigenvalue weighted by Gasteiger charge is 2.17. The molecule has 72 valence electrons. The van der Waals surface area contributed by atoms with Crippen molar-refractivity contribution in [2.24, 2.45) is 0 Å². The number of nitriles is 1. The van der Waals surface area contributed by atoms with E-state index in [0.717, 1.165) is 0 Å². The van der Waals surface area contributed by atoms with E-state index in [1.54, 1.807) is 6.07 Å². The molecule has 0 unspecified atom stereocenters. The molecule has 0 spiro atoms. The van der Waals surface area contributed by atoms with Gasteiger partial charge in [-0.25, -0.2) is 0 Å². The summed E-state index contributed by atoms with van der Waals surface area (Å²) in [5, 5.41) is 19.5. The second-order valence-corrected chi connectivity index (χ2v) is 4.08. The van der Waals surface area contributed by atoms with E-state index in [2.05, 4.69) is 0 Å². The fourth-order valence-corrected chi connectivity index (χ4v) is 2.21. The lowest BCUT2D eigenvalue weighted by Crippen LogP contribution is -1.97. The maximum absolute atomic E-state index is 10.6. The standard InChI is InChI=1S/C8H4ClIN2O2/c9-5-3-7(10)6(1-2-11)8(4-5)12(13)14/h3-4H,1H2. The minimum atomic E-state index is -0.527. The summed E-state index contributed by atoms with van der Waals surface area (Å²) >= 11 is 7.60. The first-order chi connectivity index (χ1) is 6.56. The van der Waals surface area contributed by atoms with Crippen molar-refractivity contribution in [2.75, 3.05) is 0 Å². The Morgan fingerprint density at radius 2 is 2.29 bits per heavy atom. The number of hydrogen-bond acceptors (Lipinski definition) is 3. The number of hydrogen-bond donors (Lipinski definition) is 0. The smallest absolute Gasteiger partial charge is 0.258 e. The second-order valence-electron chi connectivity index (χ2n) is 2.48. The van der Waals surface area contributed by atoms with E-state index in [4.69, 9.17) is 16.9 Å². The molecule has 4 nitrogen and oxygen atoms in total. The van der Waals surface area contributed by atoms with Crippen LogP contribution in [-0.4, -0.2) is 4.92 Å². The first-order valence-corrected chi connectivity index (χ1v) is 5.01. The summed E-state index contributed by atoms with van der Waals surface area (Å²) in [5.41, 5.74) is 0.325. The van der Waals surface area contributed by atoms with Crippen molar-refractivity contribution in [1.82, 2.24) is 0 Å². The van der Waals surface area contributed by atoms with Crippen LogP contribution in [0, 0.1) is 25.0 Å². The molecule has 0 heterocycles. The number of benzene rings is 1. The van der Waals surface area contributed by atoms with Gasteiger partial charge >= 0.3 is 0 Å². The van der Waals surface area contributed by atoms with Gasteiger partial charge in [0.15, 0.2) is 0 Å². The number of nitro benzene ring substituents is 1. The van der Waals surface area contributed by atoms with Crippen molar-refractivity contribution in [3.63, 3.8) is 0 Å². The molecule has 0 aliphatic heterocycles. The van der Waals surface area contributed by atoms with E-state index in [-0.39, 0.29) is 12.1 Å². The van der Waals surface area contributed by atoms with E-state index in [1.807, 2.05) is 28.7 Å².